The number of nitrogens with zero attached hydrogens (tertiary/aromatic N) is 3. The van der Waals surface area contributed by atoms with Gasteiger partial charge in [0.2, 0.25) is 5.91 Å². The Balaban J connectivity index is 1.85. The highest BCUT2D eigenvalue weighted by atomic mass is 16.2. The van der Waals surface area contributed by atoms with E-state index < -0.39 is 6.04 Å². The van der Waals surface area contributed by atoms with Gasteiger partial charge in [-0.2, -0.15) is 0 Å². The van der Waals surface area contributed by atoms with Gasteiger partial charge in [0.25, 0.3) is 0 Å². The first-order valence-electron chi connectivity index (χ1n) is 8.24. The molecule has 2 heterocycles. The molecule has 23 heavy (non-hydrogen) atoms. The first kappa shape index (κ1) is 17.5. The number of Topliss-reactive ketones (excluding diaryl/α,β-unsaturated/α-hetero) is 1. The standard InChI is InChI=1S/C17H26N4O2/c1-11(8-16(22)15-9-19-13(3)20-10-15)14-4-6-21(7-5-14)17(23)12(2)18/h9-12,14H,4-8,18H2,1-3H3/t11?,12-/m0/s1. The number of hydrogen-bond donors (Lipinski definition) is 1. The van der Waals surface area contributed by atoms with Gasteiger partial charge in [-0.1, -0.05) is 6.92 Å². The Hall–Kier alpha value is -1.82. The van der Waals surface area contributed by atoms with Crippen molar-refractivity contribution in [3.63, 3.8) is 0 Å². The van der Waals surface area contributed by atoms with Crippen LogP contribution in [0.15, 0.2) is 12.4 Å². The Kier molecular flexibility index (Phi) is 5.82. The third kappa shape index (κ3) is 4.58. The van der Waals surface area contributed by atoms with E-state index in [9.17, 15) is 9.59 Å². The van der Waals surface area contributed by atoms with Gasteiger partial charge in [0.15, 0.2) is 5.78 Å². The zero-order valence-electron chi connectivity index (χ0n) is 14.2. The lowest BCUT2D eigenvalue weighted by atomic mass is 9.82. The van der Waals surface area contributed by atoms with Crippen molar-refractivity contribution in [3.8, 4) is 0 Å². The molecule has 0 saturated carbocycles. The summed E-state index contributed by atoms with van der Waals surface area (Å²) in [4.78, 5) is 34.2. The molecule has 6 heteroatoms. The largest absolute Gasteiger partial charge is 0.341 e. The zero-order chi connectivity index (χ0) is 17.0. The van der Waals surface area contributed by atoms with E-state index in [-0.39, 0.29) is 17.6 Å². The van der Waals surface area contributed by atoms with E-state index >= 15 is 0 Å². The lowest BCUT2D eigenvalue weighted by molar-refractivity contribution is -0.133. The van der Waals surface area contributed by atoms with Gasteiger partial charge in [-0.25, -0.2) is 9.97 Å². The van der Waals surface area contributed by atoms with Gasteiger partial charge in [0.05, 0.1) is 11.6 Å². The highest BCUT2D eigenvalue weighted by Crippen LogP contribution is 2.28. The van der Waals surface area contributed by atoms with Crippen molar-refractivity contribution >= 4 is 11.7 Å². The Bertz CT molecular complexity index is 548. The van der Waals surface area contributed by atoms with Crippen LogP contribution in [0.5, 0.6) is 0 Å². The highest BCUT2D eigenvalue weighted by molar-refractivity contribution is 5.95. The smallest absolute Gasteiger partial charge is 0.239 e. The van der Waals surface area contributed by atoms with Crippen molar-refractivity contribution in [2.45, 2.75) is 46.1 Å². The molecule has 0 spiro atoms. The van der Waals surface area contributed by atoms with Crippen LogP contribution < -0.4 is 5.73 Å². The molecule has 1 aliphatic rings. The van der Waals surface area contributed by atoms with Crippen LogP contribution in [-0.4, -0.2) is 45.7 Å². The number of hydrogen-bond acceptors (Lipinski definition) is 5. The molecular formula is C17H26N4O2. The molecule has 0 aromatic carbocycles. The van der Waals surface area contributed by atoms with Crippen LogP contribution in [0, 0.1) is 18.8 Å². The quantitative estimate of drug-likeness (QED) is 0.833. The zero-order valence-corrected chi connectivity index (χ0v) is 14.2. The highest BCUT2D eigenvalue weighted by Gasteiger charge is 2.28. The molecule has 2 N–H and O–H groups in total. The van der Waals surface area contributed by atoms with E-state index in [1.807, 2.05) is 4.90 Å². The Morgan fingerprint density at radius 1 is 1.26 bits per heavy atom. The number of nitrogens with two attached hydrogens (primary N) is 1. The number of piperidine rings is 1. The minimum Gasteiger partial charge on any atom is -0.341 e. The number of aromatic nitrogens is 2. The van der Waals surface area contributed by atoms with Gasteiger partial charge >= 0.3 is 0 Å². The maximum atomic E-state index is 12.3. The normalized spacial score (nSPS) is 18.5. The first-order chi connectivity index (χ1) is 10.9. The fourth-order valence-corrected chi connectivity index (χ4v) is 3.09. The van der Waals surface area contributed by atoms with Crippen molar-refractivity contribution in [2.24, 2.45) is 17.6 Å². The summed E-state index contributed by atoms with van der Waals surface area (Å²) < 4.78 is 0. The fourth-order valence-electron chi connectivity index (χ4n) is 3.09. The summed E-state index contributed by atoms with van der Waals surface area (Å²) in [7, 11) is 0. The van der Waals surface area contributed by atoms with Crippen LogP contribution in [0.25, 0.3) is 0 Å². The van der Waals surface area contributed by atoms with Crippen molar-refractivity contribution in [2.75, 3.05) is 13.1 Å². The second-order valence-electron chi connectivity index (χ2n) is 6.57. The molecule has 1 saturated heterocycles. The second-order valence-corrected chi connectivity index (χ2v) is 6.57. The predicted octanol–water partition coefficient (Wildman–Crippen LogP) is 1.58. The molecule has 2 atom stereocenters. The number of likely N-dealkylation sites (tertiary alicyclic amines) is 1. The molecule has 6 nitrogen and oxygen atoms in total. The predicted molar refractivity (Wildman–Crippen MR) is 87.8 cm³/mol. The monoisotopic (exact) mass is 318 g/mol. The first-order valence-corrected chi connectivity index (χ1v) is 8.24. The molecule has 0 radical (unpaired) electrons. The molecular weight excluding hydrogens is 292 g/mol. The van der Waals surface area contributed by atoms with Gasteiger partial charge in [0, 0.05) is 31.9 Å². The van der Waals surface area contributed by atoms with Gasteiger partial charge in [-0.05, 0) is 38.5 Å². The third-order valence-corrected chi connectivity index (χ3v) is 4.66. The third-order valence-electron chi connectivity index (χ3n) is 4.66. The van der Waals surface area contributed by atoms with Crippen molar-refractivity contribution in [1.82, 2.24) is 14.9 Å². The summed E-state index contributed by atoms with van der Waals surface area (Å²) in [5.41, 5.74) is 6.23. The molecule has 1 amide bonds. The lowest BCUT2D eigenvalue weighted by Gasteiger charge is -2.35. The second kappa shape index (κ2) is 7.64. The van der Waals surface area contributed by atoms with Gasteiger partial charge in [0.1, 0.15) is 5.82 Å². The Morgan fingerprint density at radius 2 is 1.83 bits per heavy atom. The van der Waals surface area contributed by atoms with Crippen molar-refractivity contribution < 1.29 is 9.59 Å². The molecule has 126 valence electrons. The summed E-state index contributed by atoms with van der Waals surface area (Å²) in [5, 5.41) is 0. The maximum Gasteiger partial charge on any atom is 0.239 e. The van der Waals surface area contributed by atoms with Crippen LogP contribution in [0.3, 0.4) is 0 Å². The van der Waals surface area contributed by atoms with Gasteiger partial charge < -0.3 is 10.6 Å². The Labute approximate surface area is 137 Å². The summed E-state index contributed by atoms with van der Waals surface area (Å²) >= 11 is 0. The van der Waals surface area contributed by atoms with E-state index in [1.54, 1.807) is 26.2 Å². The number of carbonyl (C=O) groups is 2. The summed E-state index contributed by atoms with van der Waals surface area (Å²) in [6.45, 7) is 7.10. The van der Waals surface area contributed by atoms with Crippen molar-refractivity contribution in [1.29, 1.82) is 0 Å². The number of aryl methyl sites for hydroxylation is 1. The molecule has 2 rings (SSSR count). The summed E-state index contributed by atoms with van der Waals surface area (Å²) in [6.07, 6.45) is 5.55. The SMILES string of the molecule is Cc1ncc(C(=O)CC(C)C2CCN(C(=O)[C@H](C)N)CC2)cn1. The van der Waals surface area contributed by atoms with Gasteiger partial charge in [-0.15, -0.1) is 0 Å². The van der Waals surface area contributed by atoms with Crippen LogP contribution in [0.4, 0.5) is 0 Å². The molecule has 1 aromatic rings. The van der Waals surface area contributed by atoms with Crippen LogP contribution in [-0.2, 0) is 4.79 Å². The number of ketones is 1. The van der Waals surface area contributed by atoms with E-state index in [1.165, 1.54) is 0 Å². The van der Waals surface area contributed by atoms with E-state index in [4.69, 9.17) is 5.73 Å². The molecule has 1 aliphatic heterocycles. The molecule has 1 aromatic heterocycles. The van der Waals surface area contributed by atoms with Crippen LogP contribution in [0.2, 0.25) is 0 Å². The minimum atomic E-state index is -0.438. The fraction of sp³-hybridized carbons (Fsp3) is 0.647. The van der Waals surface area contributed by atoms with Crippen LogP contribution >= 0.6 is 0 Å². The molecule has 0 bridgehead atoms. The maximum absolute atomic E-state index is 12.3. The molecule has 0 aliphatic carbocycles. The molecule has 1 unspecified atom stereocenters. The summed E-state index contributed by atoms with van der Waals surface area (Å²) in [6, 6.07) is -0.438. The van der Waals surface area contributed by atoms with Crippen molar-refractivity contribution in [3.05, 3.63) is 23.8 Å². The van der Waals surface area contributed by atoms with E-state index in [2.05, 4.69) is 16.9 Å². The average molecular weight is 318 g/mol. The lowest BCUT2D eigenvalue weighted by Crippen LogP contribution is -2.46. The average Bonchev–Trinajstić information content (AvgIpc) is 2.54. The number of rotatable bonds is 5. The van der Waals surface area contributed by atoms with Crippen LogP contribution in [0.1, 0.15) is 49.3 Å². The Morgan fingerprint density at radius 3 is 2.35 bits per heavy atom. The summed E-state index contributed by atoms with van der Waals surface area (Å²) in [5.74, 6) is 1.52. The van der Waals surface area contributed by atoms with Gasteiger partial charge in [-0.3, -0.25) is 9.59 Å². The number of carbonyl (C=O) groups excluding carboxylic acids is 2. The number of amides is 1. The molecule has 1 fully saturated rings. The van der Waals surface area contributed by atoms with E-state index in [0.29, 0.717) is 23.7 Å². The topological polar surface area (TPSA) is 89.2 Å². The van der Waals surface area contributed by atoms with E-state index in [0.717, 1.165) is 25.9 Å². The minimum absolute atomic E-state index is 0.0176.